The standard InChI is InChI=1S/C32H44N4O9/c1-17(2)23-29(41)36-24-25(43-31-26(24)44-32(4,5)45-31)30(42)34-21(16-19-12-8-6-9-13-19)28(40)33-20(18(3)27(39)35-23)14-10-7-11-15-22(37)38/h6-10,12-13,17-18,20-21,23-26,31H,11,14-16H2,1-5H3,(H,33,40)(H,34,42)(H,35,39)(H,36,41)(H,37,38)/b10-7-/t18-,20+,21+,23+,24+,25-,26+,31+/m0/s1. The Hall–Kier alpha value is -3.81. The monoisotopic (exact) mass is 628 g/mol. The Balaban J connectivity index is 1.68. The van der Waals surface area contributed by atoms with Crippen LogP contribution < -0.4 is 21.3 Å². The Morgan fingerprint density at radius 2 is 1.64 bits per heavy atom. The van der Waals surface area contributed by atoms with Crippen molar-refractivity contribution in [3.8, 4) is 0 Å². The van der Waals surface area contributed by atoms with E-state index in [2.05, 4.69) is 21.3 Å². The fourth-order valence-corrected chi connectivity index (χ4v) is 5.70. The minimum atomic E-state index is -1.25. The van der Waals surface area contributed by atoms with Crippen molar-refractivity contribution >= 4 is 29.6 Å². The number of allylic oxidation sites excluding steroid dienone is 1. The molecule has 246 valence electrons. The highest BCUT2D eigenvalue weighted by Gasteiger charge is 2.58. The number of aliphatic carboxylic acids is 1. The first kappa shape index (κ1) is 34.1. The van der Waals surface area contributed by atoms with Gasteiger partial charge in [0, 0.05) is 18.9 Å². The van der Waals surface area contributed by atoms with E-state index in [0.29, 0.717) is 0 Å². The van der Waals surface area contributed by atoms with E-state index in [-0.39, 0.29) is 31.6 Å². The molecule has 4 amide bonds. The van der Waals surface area contributed by atoms with Gasteiger partial charge in [0.1, 0.15) is 18.2 Å². The molecule has 0 aliphatic carbocycles. The molecule has 3 fully saturated rings. The number of fused-ring (bicyclic) bond motifs is 3. The predicted molar refractivity (Wildman–Crippen MR) is 161 cm³/mol. The van der Waals surface area contributed by atoms with Crippen LogP contribution in [0.15, 0.2) is 42.5 Å². The summed E-state index contributed by atoms with van der Waals surface area (Å²) in [4.78, 5) is 65.8. The summed E-state index contributed by atoms with van der Waals surface area (Å²) in [5.41, 5.74) is 0.789. The zero-order valence-electron chi connectivity index (χ0n) is 26.3. The van der Waals surface area contributed by atoms with Crippen molar-refractivity contribution in [1.29, 1.82) is 0 Å². The number of rotatable bonds is 8. The highest BCUT2D eigenvalue weighted by atomic mass is 16.8. The van der Waals surface area contributed by atoms with Crippen molar-refractivity contribution in [2.24, 2.45) is 11.8 Å². The van der Waals surface area contributed by atoms with Gasteiger partial charge in [-0.1, -0.05) is 63.3 Å². The lowest BCUT2D eigenvalue weighted by Gasteiger charge is -2.32. The van der Waals surface area contributed by atoms with Crippen molar-refractivity contribution in [3.63, 3.8) is 0 Å². The summed E-state index contributed by atoms with van der Waals surface area (Å²) in [6.07, 6.45) is 0.992. The SMILES string of the molecule is CC(C)[C@H]1NC(=O)[C@@H](C)[C@@H](C/C=C\CCC(=O)O)NC(=O)[C@@H](Cc2ccccc2)NC(=O)[C@H]2O[C@@H]3OC(C)(C)O[C@@H]3[C@@H]2NC1=O. The molecule has 1 aromatic rings. The van der Waals surface area contributed by atoms with Gasteiger partial charge in [0.25, 0.3) is 5.91 Å². The van der Waals surface area contributed by atoms with E-state index in [1.807, 2.05) is 30.3 Å². The topological polar surface area (TPSA) is 181 Å². The molecule has 0 unspecified atom stereocenters. The molecule has 0 spiro atoms. The van der Waals surface area contributed by atoms with Gasteiger partial charge in [-0.3, -0.25) is 24.0 Å². The Bertz CT molecular complexity index is 1280. The summed E-state index contributed by atoms with van der Waals surface area (Å²) in [6, 6.07) is 5.43. The molecule has 0 saturated carbocycles. The van der Waals surface area contributed by atoms with Gasteiger partial charge in [0.05, 0.1) is 12.0 Å². The van der Waals surface area contributed by atoms with Gasteiger partial charge in [-0.05, 0) is 38.2 Å². The average molecular weight is 629 g/mol. The largest absolute Gasteiger partial charge is 0.481 e. The highest BCUT2D eigenvalue weighted by Crippen LogP contribution is 2.37. The number of carboxylic acids is 1. The lowest BCUT2D eigenvalue weighted by Crippen LogP contribution is -2.62. The van der Waals surface area contributed by atoms with Crippen molar-refractivity contribution in [3.05, 3.63) is 48.0 Å². The van der Waals surface area contributed by atoms with E-state index >= 15 is 0 Å². The third kappa shape index (κ3) is 8.68. The number of carbonyl (C=O) groups excluding carboxylic acids is 4. The summed E-state index contributed by atoms with van der Waals surface area (Å²) in [5, 5.41) is 20.4. The molecule has 5 N–H and O–H groups in total. The van der Waals surface area contributed by atoms with Gasteiger partial charge in [0.15, 0.2) is 18.2 Å². The molecule has 3 saturated heterocycles. The molecule has 1 aromatic carbocycles. The maximum atomic E-state index is 13.9. The Kier molecular flexibility index (Phi) is 11.0. The number of amides is 4. The number of carboxylic acid groups (broad SMARTS) is 1. The van der Waals surface area contributed by atoms with Crippen LogP contribution in [0.25, 0.3) is 0 Å². The zero-order chi connectivity index (χ0) is 32.9. The molecule has 13 heteroatoms. The number of hydrogen-bond donors (Lipinski definition) is 5. The maximum Gasteiger partial charge on any atom is 0.303 e. The first-order valence-corrected chi connectivity index (χ1v) is 15.4. The van der Waals surface area contributed by atoms with Crippen molar-refractivity contribution in [2.45, 2.75) is 109 Å². The fourth-order valence-electron chi connectivity index (χ4n) is 5.70. The highest BCUT2D eigenvalue weighted by molar-refractivity contribution is 5.93. The summed E-state index contributed by atoms with van der Waals surface area (Å²) in [7, 11) is 0. The number of ether oxygens (including phenoxy) is 3. The van der Waals surface area contributed by atoms with Crippen LogP contribution in [-0.4, -0.2) is 83.2 Å². The lowest BCUT2D eigenvalue weighted by atomic mass is 9.94. The van der Waals surface area contributed by atoms with Gasteiger partial charge in [-0.25, -0.2) is 0 Å². The molecule has 45 heavy (non-hydrogen) atoms. The summed E-state index contributed by atoms with van der Waals surface area (Å²) in [5.74, 6) is -5.18. The minimum Gasteiger partial charge on any atom is -0.481 e. The molecule has 3 aliphatic rings. The van der Waals surface area contributed by atoms with Crippen LogP contribution in [0.4, 0.5) is 0 Å². The number of carbonyl (C=O) groups is 5. The van der Waals surface area contributed by atoms with Gasteiger partial charge in [0.2, 0.25) is 17.7 Å². The third-order valence-corrected chi connectivity index (χ3v) is 8.21. The molecule has 0 aromatic heterocycles. The van der Waals surface area contributed by atoms with Crippen LogP contribution in [0.5, 0.6) is 0 Å². The van der Waals surface area contributed by atoms with Crippen LogP contribution >= 0.6 is 0 Å². The average Bonchev–Trinajstić information content (AvgIpc) is 3.45. The predicted octanol–water partition coefficient (Wildman–Crippen LogP) is 1.16. The van der Waals surface area contributed by atoms with Crippen LogP contribution in [-0.2, 0) is 44.6 Å². The maximum absolute atomic E-state index is 13.9. The number of benzene rings is 1. The van der Waals surface area contributed by atoms with Crippen LogP contribution in [0.3, 0.4) is 0 Å². The van der Waals surface area contributed by atoms with E-state index in [1.165, 1.54) is 0 Å². The van der Waals surface area contributed by atoms with Crippen LogP contribution in [0.1, 0.15) is 59.4 Å². The molecule has 3 aliphatic heterocycles. The fraction of sp³-hybridized carbons (Fsp3) is 0.594. The normalized spacial score (nSPS) is 32.2. The number of nitrogens with one attached hydrogen (secondary N) is 4. The van der Waals surface area contributed by atoms with Gasteiger partial charge >= 0.3 is 5.97 Å². The second-order valence-corrected chi connectivity index (χ2v) is 12.6. The molecule has 3 heterocycles. The van der Waals surface area contributed by atoms with E-state index in [4.69, 9.17) is 19.3 Å². The second kappa shape index (κ2) is 14.5. The first-order chi connectivity index (χ1) is 21.3. The third-order valence-electron chi connectivity index (χ3n) is 8.21. The molecule has 0 radical (unpaired) electrons. The van der Waals surface area contributed by atoms with E-state index in [1.54, 1.807) is 46.8 Å². The van der Waals surface area contributed by atoms with E-state index in [0.717, 1.165) is 5.56 Å². The smallest absolute Gasteiger partial charge is 0.303 e. The van der Waals surface area contributed by atoms with Gasteiger partial charge < -0.3 is 40.6 Å². The molecular weight excluding hydrogens is 584 g/mol. The summed E-state index contributed by atoms with van der Waals surface area (Å²) in [6.45, 7) is 8.62. The lowest BCUT2D eigenvalue weighted by molar-refractivity contribution is -0.208. The minimum absolute atomic E-state index is 0.0561. The molecule has 13 nitrogen and oxygen atoms in total. The Morgan fingerprint density at radius 3 is 2.31 bits per heavy atom. The summed E-state index contributed by atoms with van der Waals surface area (Å²) < 4.78 is 17.9. The second-order valence-electron chi connectivity index (χ2n) is 12.6. The van der Waals surface area contributed by atoms with Crippen molar-refractivity contribution in [1.82, 2.24) is 21.3 Å². The van der Waals surface area contributed by atoms with E-state index in [9.17, 15) is 24.0 Å². The number of hydrogen-bond acceptors (Lipinski definition) is 8. The van der Waals surface area contributed by atoms with E-state index < -0.39 is 84.0 Å². The first-order valence-electron chi connectivity index (χ1n) is 15.4. The zero-order valence-corrected chi connectivity index (χ0v) is 26.3. The van der Waals surface area contributed by atoms with Crippen molar-refractivity contribution < 1.29 is 43.3 Å². The molecular formula is C32H44N4O9. The molecule has 0 bridgehead atoms. The van der Waals surface area contributed by atoms with Crippen molar-refractivity contribution in [2.75, 3.05) is 0 Å². The molecule has 4 rings (SSSR count). The van der Waals surface area contributed by atoms with Crippen LogP contribution in [0, 0.1) is 11.8 Å². The Morgan fingerprint density at radius 1 is 0.933 bits per heavy atom. The van der Waals surface area contributed by atoms with Crippen LogP contribution in [0.2, 0.25) is 0 Å². The van der Waals surface area contributed by atoms with Gasteiger partial charge in [-0.15, -0.1) is 0 Å². The summed E-state index contributed by atoms with van der Waals surface area (Å²) >= 11 is 0. The quantitative estimate of drug-likeness (QED) is 0.264. The van der Waals surface area contributed by atoms with Gasteiger partial charge in [-0.2, -0.15) is 0 Å². The molecule has 8 atom stereocenters. The Labute approximate surface area is 262 Å².